The Labute approximate surface area is 112 Å². The van der Waals surface area contributed by atoms with Crippen molar-refractivity contribution in [3.8, 4) is 5.75 Å². The lowest BCUT2D eigenvalue weighted by Gasteiger charge is -2.33. The first-order valence-electron chi connectivity index (χ1n) is 6.97. The van der Waals surface area contributed by atoms with Crippen molar-refractivity contribution in [1.82, 2.24) is 0 Å². The zero-order valence-electron chi connectivity index (χ0n) is 11.1. The number of hydrogen-bond donors (Lipinski definition) is 1. The molecular weight excluding hydrogens is 234 g/mol. The van der Waals surface area contributed by atoms with E-state index >= 15 is 0 Å². The Morgan fingerprint density at radius 3 is 2.95 bits per heavy atom. The molecule has 2 nitrogen and oxygen atoms in total. The van der Waals surface area contributed by atoms with Gasteiger partial charge < -0.3 is 5.11 Å². The van der Waals surface area contributed by atoms with Crippen LogP contribution < -0.4 is 0 Å². The summed E-state index contributed by atoms with van der Waals surface area (Å²) in [6, 6.07) is 9.98. The fourth-order valence-corrected chi connectivity index (χ4v) is 3.65. The van der Waals surface area contributed by atoms with Gasteiger partial charge in [0.15, 0.2) is 0 Å². The van der Waals surface area contributed by atoms with Gasteiger partial charge in [-0.05, 0) is 53.3 Å². The molecule has 2 aliphatic rings. The molecule has 1 atom stereocenters. The molecule has 1 aliphatic heterocycles. The summed E-state index contributed by atoms with van der Waals surface area (Å²) < 4.78 is 0. The van der Waals surface area contributed by atoms with Crippen LogP contribution in [0.4, 0.5) is 0 Å². The first-order valence-corrected chi connectivity index (χ1v) is 6.97. The summed E-state index contributed by atoms with van der Waals surface area (Å²) in [4.78, 5) is 4.76. The van der Waals surface area contributed by atoms with Gasteiger partial charge >= 0.3 is 0 Å². The highest BCUT2D eigenvalue weighted by molar-refractivity contribution is 6.10. The highest BCUT2D eigenvalue weighted by Crippen LogP contribution is 2.43. The summed E-state index contributed by atoms with van der Waals surface area (Å²) in [6.45, 7) is 3.32. The van der Waals surface area contributed by atoms with Crippen LogP contribution in [0.25, 0.3) is 10.8 Å². The number of phenols is 1. The minimum atomic E-state index is 0.289. The molecule has 0 saturated carbocycles. The first kappa shape index (κ1) is 11.0. The van der Waals surface area contributed by atoms with E-state index in [-0.39, 0.29) is 5.41 Å². The van der Waals surface area contributed by atoms with Gasteiger partial charge in [0.05, 0.1) is 0 Å². The fourth-order valence-electron chi connectivity index (χ4n) is 3.65. The molecule has 1 N–H and O–H groups in total. The third-order valence-corrected chi connectivity index (χ3v) is 4.80. The number of fused-ring (bicyclic) bond motifs is 5. The van der Waals surface area contributed by atoms with Gasteiger partial charge in [0.2, 0.25) is 0 Å². The highest BCUT2D eigenvalue weighted by Gasteiger charge is 2.39. The molecule has 4 rings (SSSR count). The molecule has 0 aromatic heterocycles. The smallest absolute Gasteiger partial charge is 0.116 e. The Morgan fingerprint density at radius 2 is 2.05 bits per heavy atom. The summed E-state index contributed by atoms with van der Waals surface area (Å²) in [5.74, 6) is 0.339. The van der Waals surface area contributed by atoms with Gasteiger partial charge in [-0.1, -0.05) is 25.1 Å². The van der Waals surface area contributed by atoms with Crippen molar-refractivity contribution in [2.24, 2.45) is 10.4 Å². The Hall–Kier alpha value is -1.83. The molecule has 0 amide bonds. The van der Waals surface area contributed by atoms with E-state index in [0.29, 0.717) is 5.75 Å². The highest BCUT2D eigenvalue weighted by atomic mass is 16.3. The van der Waals surface area contributed by atoms with Crippen LogP contribution in [-0.2, 0) is 6.42 Å². The van der Waals surface area contributed by atoms with Gasteiger partial charge in [-0.25, -0.2) is 0 Å². The summed E-state index contributed by atoms with van der Waals surface area (Å²) >= 11 is 0. The van der Waals surface area contributed by atoms with E-state index in [1.807, 2.05) is 12.1 Å². The van der Waals surface area contributed by atoms with E-state index in [1.54, 1.807) is 6.07 Å². The van der Waals surface area contributed by atoms with Crippen LogP contribution in [-0.4, -0.2) is 17.4 Å². The van der Waals surface area contributed by atoms with Gasteiger partial charge in [0, 0.05) is 17.7 Å². The minimum Gasteiger partial charge on any atom is -0.508 e. The molecule has 0 bridgehead atoms. The molecule has 1 unspecified atom stereocenters. The van der Waals surface area contributed by atoms with Gasteiger partial charge in [-0.2, -0.15) is 0 Å². The summed E-state index contributed by atoms with van der Waals surface area (Å²) in [5.41, 5.74) is 4.35. The van der Waals surface area contributed by atoms with E-state index < -0.39 is 0 Å². The summed E-state index contributed by atoms with van der Waals surface area (Å²) in [6.07, 6.45) is 3.50. The van der Waals surface area contributed by atoms with Crippen molar-refractivity contribution in [2.45, 2.75) is 26.2 Å². The molecule has 0 saturated heterocycles. The summed E-state index contributed by atoms with van der Waals surface area (Å²) in [5, 5.41) is 12.0. The molecule has 1 heterocycles. The number of phenolic OH excluding ortho intramolecular Hbond substituents is 1. The Balaban J connectivity index is 2.00. The van der Waals surface area contributed by atoms with E-state index in [9.17, 15) is 5.11 Å². The lowest BCUT2D eigenvalue weighted by atomic mass is 9.70. The van der Waals surface area contributed by atoms with E-state index in [0.717, 1.165) is 18.4 Å². The van der Waals surface area contributed by atoms with Crippen molar-refractivity contribution in [1.29, 1.82) is 0 Å². The lowest BCUT2D eigenvalue weighted by Crippen LogP contribution is -2.30. The van der Waals surface area contributed by atoms with Crippen LogP contribution in [0.5, 0.6) is 5.75 Å². The van der Waals surface area contributed by atoms with Crippen molar-refractivity contribution in [3.63, 3.8) is 0 Å². The standard InChI is InChI=1S/C17H17NO/c1-17-7-6-14-13-5-3-12(19)10-11(13)2-4-15(14)16(17)18-9-8-17/h2-5,10,19H,6-9H2,1H3. The van der Waals surface area contributed by atoms with E-state index in [2.05, 4.69) is 19.1 Å². The average Bonchev–Trinajstić information content (AvgIpc) is 2.79. The second-order valence-electron chi connectivity index (χ2n) is 6.04. The predicted octanol–water partition coefficient (Wildman–Crippen LogP) is 3.69. The SMILES string of the molecule is CC12CCN=C1c1ccc3cc(O)ccc3c1CC2. The molecule has 2 heteroatoms. The van der Waals surface area contributed by atoms with E-state index in [1.165, 1.54) is 35.1 Å². The number of aliphatic imine (C=N–C) groups is 1. The van der Waals surface area contributed by atoms with E-state index in [4.69, 9.17) is 4.99 Å². The van der Waals surface area contributed by atoms with Crippen molar-refractivity contribution in [3.05, 3.63) is 41.5 Å². The number of hydrogen-bond acceptors (Lipinski definition) is 2. The quantitative estimate of drug-likeness (QED) is 0.761. The molecule has 1 aliphatic carbocycles. The van der Waals surface area contributed by atoms with Crippen LogP contribution in [0.2, 0.25) is 0 Å². The zero-order chi connectivity index (χ0) is 13.0. The summed E-state index contributed by atoms with van der Waals surface area (Å²) in [7, 11) is 0. The maximum Gasteiger partial charge on any atom is 0.116 e. The van der Waals surface area contributed by atoms with Gasteiger partial charge in [-0.15, -0.1) is 0 Å². The lowest BCUT2D eigenvalue weighted by molar-refractivity contribution is 0.419. The number of benzene rings is 2. The predicted molar refractivity (Wildman–Crippen MR) is 78.1 cm³/mol. The van der Waals surface area contributed by atoms with Gasteiger partial charge in [0.1, 0.15) is 5.75 Å². The molecule has 96 valence electrons. The Morgan fingerprint density at radius 1 is 1.16 bits per heavy atom. The van der Waals surface area contributed by atoms with Crippen LogP contribution in [0.1, 0.15) is 30.9 Å². The molecular formula is C17H17NO. The molecule has 0 spiro atoms. The third kappa shape index (κ3) is 1.46. The normalized spacial score (nSPS) is 25.0. The molecule has 2 aromatic carbocycles. The molecule has 19 heavy (non-hydrogen) atoms. The monoisotopic (exact) mass is 251 g/mol. The number of rotatable bonds is 0. The van der Waals surface area contributed by atoms with Gasteiger partial charge in [0.25, 0.3) is 0 Å². The van der Waals surface area contributed by atoms with Crippen molar-refractivity contribution in [2.75, 3.05) is 6.54 Å². The zero-order valence-corrected chi connectivity index (χ0v) is 11.1. The van der Waals surface area contributed by atoms with Crippen LogP contribution in [0.15, 0.2) is 35.3 Å². The minimum absolute atomic E-state index is 0.289. The maximum atomic E-state index is 9.60. The van der Waals surface area contributed by atoms with Crippen LogP contribution in [0, 0.1) is 5.41 Å². The number of nitrogens with zero attached hydrogens (tertiary/aromatic N) is 1. The van der Waals surface area contributed by atoms with Crippen molar-refractivity contribution >= 4 is 16.5 Å². The fraction of sp³-hybridized carbons (Fsp3) is 0.353. The number of aromatic hydroxyl groups is 1. The second kappa shape index (κ2) is 3.60. The first-order chi connectivity index (χ1) is 9.17. The maximum absolute atomic E-state index is 9.60. The van der Waals surface area contributed by atoms with Crippen molar-refractivity contribution < 1.29 is 5.11 Å². The largest absolute Gasteiger partial charge is 0.508 e. The molecule has 0 fully saturated rings. The van der Waals surface area contributed by atoms with Crippen LogP contribution in [0.3, 0.4) is 0 Å². The topological polar surface area (TPSA) is 32.6 Å². The second-order valence-corrected chi connectivity index (χ2v) is 6.04. The Bertz CT molecular complexity index is 717. The average molecular weight is 251 g/mol. The van der Waals surface area contributed by atoms with Crippen LogP contribution >= 0.6 is 0 Å². The Kier molecular flexibility index (Phi) is 2.09. The molecule has 2 aromatic rings. The van der Waals surface area contributed by atoms with Gasteiger partial charge in [-0.3, -0.25) is 4.99 Å². The molecule has 0 radical (unpaired) electrons. The third-order valence-electron chi connectivity index (χ3n) is 4.80. The number of aryl methyl sites for hydroxylation is 1.